The summed E-state index contributed by atoms with van der Waals surface area (Å²) < 4.78 is 25.6. The summed E-state index contributed by atoms with van der Waals surface area (Å²) in [6.45, 7) is 6.48. The van der Waals surface area contributed by atoms with Crippen molar-refractivity contribution in [2.75, 3.05) is 17.0 Å². The molecule has 0 unspecified atom stereocenters. The minimum Gasteiger partial charge on any atom is -0.352 e. The van der Waals surface area contributed by atoms with Crippen molar-refractivity contribution in [2.45, 2.75) is 37.1 Å². The monoisotopic (exact) mass is 407 g/mol. The molecule has 0 spiro atoms. The van der Waals surface area contributed by atoms with Gasteiger partial charge < -0.3 is 5.32 Å². The molecule has 27 heavy (non-hydrogen) atoms. The number of anilines is 1. The van der Waals surface area contributed by atoms with E-state index in [9.17, 15) is 13.2 Å². The van der Waals surface area contributed by atoms with Gasteiger partial charge in [-0.05, 0) is 55.7 Å². The molecule has 2 rings (SSSR count). The number of sulfonamides is 1. The number of carbonyl (C=O) groups excluding carboxylic acids is 1. The summed E-state index contributed by atoms with van der Waals surface area (Å²) in [5.74, 6) is 0.461. The smallest absolute Gasteiger partial charge is 0.252 e. The van der Waals surface area contributed by atoms with Crippen LogP contribution in [0.25, 0.3) is 0 Å². The minimum absolute atomic E-state index is 0.0326. The van der Waals surface area contributed by atoms with Crippen molar-refractivity contribution in [1.29, 1.82) is 0 Å². The van der Waals surface area contributed by atoms with Crippen molar-refractivity contribution in [3.05, 3.63) is 48.2 Å². The van der Waals surface area contributed by atoms with Gasteiger partial charge in [0.05, 0.1) is 11.3 Å². The second kappa shape index (κ2) is 9.75. The first-order valence-electron chi connectivity index (χ1n) is 8.81. The van der Waals surface area contributed by atoms with Gasteiger partial charge in [0.1, 0.15) is 5.03 Å². The lowest BCUT2D eigenvalue weighted by atomic mass is 10.1. The Morgan fingerprint density at radius 1 is 1.15 bits per heavy atom. The topological polar surface area (TPSA) is 88.2 Å². The average Bonchev–Trinajstić information content (AvgIpc) is 2.63. The Morgan fingerprint density at radius 2 is 1.85 bits per heavy atom. The molecule has 0 bridgehead atoms. The first-order valence-corrected chi connectivity index (χ1v) is 11.3. The first kappa shape index (κ1) is 21.2. The van der Waals surface area contributed by atoms with Crippen LogP contribution in [-0.2, 0) is 10.0 Å². The van der Waals surface area contributed by atoms with Crippen LogP contribution in [0.4, 0.5) is 5.69 Å². The first-order chi connectivity index (χ1) is 12.8. The molecule has 0 atom stereocenters. The SMILES string of the molecule is CCS(=O)(=O)Nc1ccc(Sc2ccc(C(=O)NCCC(C)C)cn2)cc1. The number of nitrogens with one attached hydrogen (secondary N) is 2. The highest BCUT2D eigenvalue weighted by Crippen LogP contribution is 2.27. The lowest BCUT2D eigenvalue weighted by molar-refractivity contribution is 0.0951. The maximum atomic E-state index is 12.1. The van der Waals surface area contributed by atoms with Crippen LogP contribution in [0.2, 0.25) is 0 Å². The van der Waals surface area contributed by atoms with Crippen LogP contribution < -0.4 is 10.0 Å². The number of benzene rings is 1. The zero-order valence-electron chi connectivity index (χ0n) is 15.7. The highest BCUT2D eigenvalue weighted by Gasteiger charge is 2.08. The lowest BCUT2D eigenvalue weighted by Crippen LogP contribution is -2.25. The van der Waals surface area contributed by atoms with Gasteiger partial charge >= 0.3 is 0 Å². The fraction of sp³-hybridized carbons (Fsp3) is 0.368. The standard InChI is InChI=1S/C19H25N3O3S2/c1-4-27(24,25)22-16-6-8-17(9-7-16)26-18-10-5-15(13-21-18)19(23)20-12-11-14(2)3/h5-10,13-14,22H,4,11-12H2,1-3H3,(H,20,23). The van der Waals surface area contributed by atoms with Crippen molar-refractivity contribution in [1.82, 2.24) is 10.3 Å². The van der Waals surface area contributed by atoms with Crippen LogP contribution in [0.15, 0.2) is 52.5 Å². The number of hydrogen-bond donors (Lipinski definition) is 2. The molecule has 0 saturated heterocycles. The van der Waals surface area contributed by atoms with Crippen LogP contribution in [0, 0.1) is 5.92 Å². The van der Waals surface area contributed by atoms with Crippen LogP contribution in [-0.4, -0.2) is 31.6 Å². The molecule has 1 aromatic carbocycles. The summed E-state index contributed by atoms with van der Waals surface area (Å²) >= 11 is 1.44. The van der Waals surface area contributed by atoms with Gasteiger partial charge in [-0.2, -0.15) is 0 Å². The molecule has 0 aliphatic carbocycles. The molecule has 8 heteroatoms. The number of amides is 1. The Kier molecular flexibility index (Phi) is 7.67. The number of rotatable bonds is 9. The average molecular weight is 408 g/mol. The molecule has 1 amide bonds. The molecular formula is C19H25N3O3S2. The number of aromatic nitrogens is 1. The van der Waals surface area contributed by atoms with Gasteiger partial charge in [-0.1, -0.05) is 25.6 Å². The highest BCUT2D eigenvalue weighted by atomic mass is 32.2. The Bertz CT molecular complexity index is 849. The fourth-order valence-electron chi connectivity index (χ4n) is 2.11. The van der Waals surface area contributed by atoms with Gasteiger partial charge in [-0.25, -0.2) is 13.4 Å². The molecule has 2 aromatic rings. The van der Waals surface area contributed by atoms with Crippen LogP contribution in [0.3, 0.4) is 0 Å². The Labute approximate surface area is 165 Å². The van der Waals surface area contributed by atoms with Gasteiger partial charge in [0.2, 0.25) is 10.0 Å². The molecule has 1 heterocycles. The zero-order valence-corrected chi connectivity index (χ0v) is 17.4. The van der Waals surface area contributed by atoms with Crippen molar-refractivity contribution in [3.63, 3.8) is 0 Å². The van der Waals surface area contributed by atoms with Crippen molar-refractivity contribution in [3.8, 4) is 0 Å². The Hall–Kier alpha value is -2.06. The second-order valence-electron chi connectivity index (χ2n) is 6.46. The molecule has 0 radical (unpaired) electrons. The van der Waals surface area contributed by atoms with E-state index in [1.807, 2.05) is 12.1 Å². The third-order valence-electron chi connectivity index (χ3n) is 3.74. The predicted octanol–water partition coefficient (Wildman–Crippen LogP) is 3.77. The van der Waals surface area contributed by atoms with E-state index in [4.69, 9.17) is 0 Å². The Morgan fingerprint density at radius 3 is 2.41 bits per heavy atom. The van der Waals surface area contributed by atoms with Crippen molar-refractivity contribution < 1.29 is 13.2 Å². The van der Waals surface area contributed by atoms with Crippen molar-refractivity contribution in [2.24, 2.45) is 5.92 Å². The van der Waals surface area contributed by atoms with Gasteiger partial charge in [0, 0.05) is 23.3 Å². The summed E-state index contributed by atoms with van der Waals surface area (Å²) in [6, 6.07) is 10.6. The van der Waals surface area contributed by atoms with E-state index < -0.39 is 10.0 Å². The third kappa shape index (κ3) is 7.22. The maximum absolute atomic E-state index is 12.1. The minimum atomic E-state index is -3.28. The van der Waals surface area contributed by atoms with Gasteiger partial charge in [-0.15, -0.1) is 0 Å². The van der Waals surface area contributed by atoms with Gasteiger partial charge in [0.25, 0.3) is 5.91 Å². The molecular weight excluding hydrogens is 382 g/mol. The molecule has 0 aliphatic rings. The summed E-state index contributed by atoms with van der Waals surface area (Å²) in [6.07, 6.45) is 2.51. The van der Waals surface area contributed by atoms with E-state index in [0.717, 1.165) is 16.3 Å². The predicted molar refractivity (Wildman–Crippen MR) is 110 cm³/mol. The molecule has 0 aliphatic heterocycles. The van der Waals surface area contributed by atoms with E-state index in [1.165, 1.54) is 11.8 Å². The van der Waals surface area contributed by atoms with Gasteiger partial charge in [0.15, 0.2) is 0 Å². The summed E-state index contributed by atoms with van der Waals surface area (Å²) in [7, 11) is -3.28. The van der Waals surface area contributed by atoms with Gasteiger partial charge in [-0.3, -0.25) is 9.52 Å². The van der Waals surface area contributed by atoms with Crippen LogP contribution in [0.1, 0.15) is 37.6 Å². The van der Waals surface area contributed by atoms with E-state index in [2.05, 4.69) is 28.9 Å². The largest absolute Gasteiger partial charge is 0.352 e. The summed E-state index contributed by atoms with van der Waals surface area (Å²) in [5.41, 5.74) is 1.06. The molecule has 2 N–H and O–H groups in total. The van der Waals surface area contributed by atoms with E-state index in [1.54, 1.807) is 37.4 Å². The van der Waals surface area contributed by atoms with Crippen molar-refractivity contribution >= 4 is 33.4 Å². The van der Waals surface area contributed by atoms with E-state index in [-0.39, 0.29) is 11.7 Å². The molecule has 1 aromatic heterocycles. The molecule has 6 nitrogen and oxygen atoms in total. The number of carbonyl (C=O) groups is 1. The fourth-order valence-corrected chi connectivity index (χ4v) is 3.51. The maximum Gasteiger partial charge on any atom is 0.252 e. The lowest BCUT2D eigenvalue weighted by Gasteiger charge is -2.08. The number of hydrogen-bond acceptors (Lipinski definition) is 5. The molecule has 0 fully saturated rings. The normalized spacial score (nSPS) is 11.4. The molecule has 0 saturated carbocycles. The third-order valence-corrected chi connectivity index (χ3v) is 6.00. The molecule has 146 valence electrons. The van der Waals surface area contributed by atoms with E-state index in [0.29, 0.717) is 23.7 Å². The van der Waals surface area contributed by atoms with E-state index >= 15 is 0 Å². The quantitative estimate of drug-likeness (QED) is 0.661. The second-order valence-corrected chi connectivity index (χ2v) is 9.56. The van der Waals surface area contributed by atoms with Crippen LogP contribution >= 0.6 is 11.8 Å². The van der Waals surface area contributed by atoms with Crippen LogP contribution in [0.5, 0.6) is 0 Å². The number of nitrogens with zero attached hydrogens (tertiary/aromatic N) is 1. The number of pyridine rings is 1. The zero-order chi connectivity index (χ0) is 19.9. The summed E-state index contributed by atoms with van der Waals surface area (Å²) in [5, 5.41) is 3.65. The Balaban J connectivity index is 1.93. The summed E-state index contributed by atoms with van der Waals surface area (Å²) in [4.78, 5) is 17.3. The highest BCUT2D eigenvalue weighted by molar-refractivity contribution is 7.99.